The summed E-state index contributed by atoms with van der Waals surface area (Å²) in [5.41, 5.74) is 1.01. The number of hydrogen-bond acceptors (Lipinski definition) is 1. The molecule has 0 saturated carbocycles. The highest BCUT2D eigenvalue weighted by Gasteiger charge is 2.21. The Hall–Kier alpha value is -0.833. The maximum Gasteiger partial charge on any atom is 0.126 e. The average molecular weight is 212 g/mol. The van der Waals surface area contributed by atoms with Crippen LogP contribution in [0.2, 0.25) is 19.6 Å². The Balaban J connectivity index is 3.29. The zero-order valence-corrected chi connectivity index (χ0v) is 10.4. The Bertz CT molecular complexity index is 342. The highest BCUT2D eigenvalue weighted by atomic mass is 28.3. The first-order chi connectivity index (χ1) is 6.36. The highest BCUT2D eigenvalue weighted by Crippen LogP contribution is 2.19. The fourth-order valence-electron chi connectivity index (χ4n) is 1.46. The van der Waals surface area contributed by atoms with Gasteiger partial charge in [-0.05, 0) is 17.7 Å². The van der Waals surface area contributed by atoms with Crippen LogP contribution in [0.5, 0.6) is 5.75 Å². The highest BCUT2D eigenvalue weighted by molar-refractivity contribution is 6.88. The molecule has 0 aromatic heterocycles. The summed E-state index contributed by atoms with van der Waals surface area (Å²) in [5, 5.41) is 0.871. The molecule has 0 fully saturated rings. The summed E-state index contributed by atoms with van der Waals surface area (Å²) < 4.78 is 18.7. The molecule has 3 heteroatoms. The van der Waals surface area contributed by atoms with Crippen molar-refractivity contribution in [2.45, 2.75) is 26.6 Å². The fourth-order valence-corrected chi connectivity index (χ4v) is 2.90. The van der Waals surface area contributed by atoms with E-state index in [1.807, 2.05) is 13.0 Å². The lowest BCUT2D eigenvalue weighted by Gasteiger charge is -2.19. The van der Waals surface area contributed by atoms with Crippen molar-refractivity contribution < 1.29 is 9.13 Å². The molecule has 0 bridgehead atoms. The van der Waals surface area contributed by atoms with E-state index in [0.717, 1.165) is 10.8 Å². The SMILES string of the molecule is COc1cc(F)c([Si](C)(C)C)cc1C. The van der Waals surface area contributed by atoms with Gasteiger partial charge in [0.15, 0.2) is 0 Å². The number of aryl methyl sites for hydroxylation is 1. The van der Waals surface area contributed by atoms with Crippen molar-refractivity contribution in [3.05, 3.63) is 23.5 Å². The normalized spacial score (nSPS) is 11.6. The second kappa shape index (κ2) is 3.73. The molecule has 1 aromatic carbocycles. The van der Waals surface area contributed by atoms with Gasteiger partial charge in [0.25, 0.3) is 0 Å². The van der Waals surface area contributed by atoms with Crippen LogP contribution in [0, 0.1) is 12.7 Å². The fraction of sp³-hybridized carbons (Fsp3) is 0.455. The third-order valence-corrected chi connectivity index (χ3v) is 4.29. The summed E-state index contributed by atoms with van der Waals surface area (Å²) >= 11 is 0. The van der Waals surface area contributed by atoms with Crippen LogP contribution in [0.1, 0.15) is 5.56 Å². The van der Waals surface area contributed by atoms with Crippen molar-refractivity contribution >= 4 is 13.3 Å². The predicted molar refractivity (Wildman–Crippen MR) is 60.7 cm³/mol. The number of rotatable bonds is 2. The van der Waals surface area contributed by atoms with E-state index in [1.165, 1.54) is 6.07 Å². The molecule has 0 radical (unpaired) electrons. The Labute approximate surface area is 85.9 Å². The Morgan fingerprint density at radius 3 is 2.21 bits per heavy atom. The molecule has 0 amide bonds. The first-order valence-corrected chi connectivity index (χ1v) is 8.21. The first kappa shape index (κ1) is 11.2. The first-order valence-electron chi connectivity index (χ1n) is 4.71. The summed E-state index contributed by atoms with van der Waals surface area (Å²) in [5.74, 6) is 0.496. The molecule has 14 heavy (non-hydrogen) atoms. The largest absolute Gasteiger partial charge is 0.496 e. The van der Waals surface area contributed by atoms with Crippen molar-refractivity contribution in [3.8, 4) is 5.75 Å². The monoisotopic (exact) mass is 212 g/mol. The van der Waals surface area contributed by atoms with Crippen molar-refractivity contribution in [1.29, 1.82) is 0 Å². The molecule has 0 atom stereocenters. The molecule has 0 N–H and O–H groups in total. The molecular weight excluding hydrogens is 195 g/mol. The third kappa shape index (κ3) is 2.15. The molecule has 0 unspecified atom stereocenters. The third-order valence-electron chi connectivity index (χ3n) is 2.29. The van der Waals surface area contributed by atoms with Crippen molar-refractivity contribution in [2.24, 2.45) is 0 Å². The van der Waals surface area contributed by atoms with Gasteiger partial charge in [0.05, 0.1) is 15.2 Å². The Kier molecular flexibility index (Phi) is 3.00. The van der Waals surface area contributed by atoms with Gasteiger partial charge < -0.3 is 4.74 Å². The van der Waals surface area contributed by atoms with Gasteiger partial charge >= 0.3 is 0 Å². The second-order valence-corrected chi connectivity index (χ2v) is 9.59. The summed E-state index contributed by atoms with van der Waals surface area (Å²) in [6.07, 6.45) is 0. The van der Waals surface area contributed by atoms with Gasteiger partial charge in [-0.1, -0.05) is 25.7 Å². The molecule has 0 saturated heterocycles. The van der Waals surface area contributed by atoms with Crippen LogP contribution in [0.25, 0.3) is 0 Å². The number of benzene rings is 1. The number of methoxy groups -OCH3 is 1. The van der Waals surface area contributed by atoms with Gasteiger partial charge in [-0.2, -0.15) is 0 Å². The number of hydrogen-bond donors (Lipinski definition) is 0. The standard InChI is InChI=1S/C11H17FOSi/c1-8-6-11(14(3,4)5)9(12)7-10(8)13-2/h6-7H,1-5H3. The smallest absolute Gasteiger partial charge is 0.126 e. The minimum absolute atomic E-state index is 0.133. The van der Waals surface area contributed by atoms with Gasteiger partial charge in [-0.15, -0.1) is 0 Å². The van der Waals surface area contributed by atoms with Crippen LogP contribution in [0.15, 0.2) is 12.1 Å². The minimum Gasteiger partial charge on any atom is -0.496 e. The molecule has 1 rings (SSSR count). The van der Waals surface area contributed by atoms with Gasteiger partial charge in [0, 0.05) is 6.07 Å². The molecule has 78 valence electrons. The van der Waals surface area contributed by atoms with E-state index in [9.17, 15) is 4.39 Å². The Morgan fingerprint density at radius 2 is 1.79 bits per heavy atom. The second-order valence-electron chi connectivity index (χ2n) is 4.55. The molecule has 0 aliphatic heterocycles. The molecule has 0 aliphatic rings. The summed E-state index contributed by atoms with van der Waals surface area (Å²) in [6.45, 7) is 8.36. The molecule has 0 aliphatic carbocycles. The van der Waals surface area contributed by atoms with Crippen molar-refractivity contribution in [1.82, 2.24) is 0 Å². The molecule has 1 aromatic rings. The van der Waals surface area contributed by atoms with Gasteiger partial charge in [0.1, 0.15) is 11.6 Å². The average Bonchev–Trinajstić information content (AvgIpc) is 2.06. The van der Waals surface area contributed by atoms with E-state index in [0.29, 0.717) is 5.75 Å². The predicted octanol–water partition coefficient (Wildman–Crippen LogP) is 2.69. The van der Waals surface area contributed by atoms with Gasteiger partial charge in [-0.3, -0.25) is 0 Å². The lowest BCUT2D eigenvalue weighted by atomic mass is 10.2. The van der Waals surface area contributed by atoms with E-state index in [4.69, 9.17) is 4.74 Å². The van der Waals surface area contributed by atoms with Gasteiger partial charge in [0.2, 0.25) is 0 Å². The lowest BCUT2D eigenvalue weighted by molar-refractivity contribution is 0.408. The van der Waals surface area contributed by atoms with Crippen LogP contribution in [0.3, 0.4) is 0 Å². The van der Waals surface area contributed by atoms with E-state index in [2.05, 4.69) is 19.6 Å². The zero-order chi connectivity index (χ0) is 10.9. The van der Waals surface area contributed by atoms with Crippen LogP contribution < -0.4 is 9.92 Å². The zero-order valence-electron chi connectivity index (χ0n) is 9.44. The maximum atomic E-state index is 13.7. The van der Waals surface area contributed by atoms with E-state index in [-0.39, 0.29) is 5.82 Å². The molecule has 1 nitrogen and oxygen atoms in total. The number of halogens is 1. The summed E-state index contributed by atoms with van der Waals surface area (Å²) in [4.78, 5) is 0. The topological polar surface area (TPSA) is 9.23 Å². The van der Waals surface area contributed by atoms with Crippen LogP contribution >= 0.6 is 0 Å². The lowest BCUT2D eigenvalue weighted by Crippen LogP contribution is -2.40. The van der Waals surface area contributed by atoms with Crippen LogP contribution in [0.4, 0.5) is 4.39 Å². The van der Waals surface area contributed by atoms with Crippen molar-refractivity contribution in [2.75, 3.05) is 7.11 Å². The molecule has 0 spiro atoms. The van der Waals surface area contributed by atoms with E-state index < -0.39 is 8.07 Å². The van der Waals surface area contributed by atoms with Crippen LogP contribution in [-0.2, 0) is 0 Å². The van der Waals surface area contributed by atoms with Crippen molar-refractivity contribution in [3.63, 3.8) is 0 Å². The summed E-state index contributed by atoms with van der Waals surface area (Å²) in [6, 6.07) is 3.41. The number of ether oxygens (including phenoxy) is 1. The minimum atomic E-state index is -1.58. The van der Waals surface area contributed by atoms with Crippen LogP contribution in [-0.4, -0.2) is 15.2 Å². The molecule has 0 heterocycles. The van der Waals surface area contributed by atoms with E-state index >= 15 is 0 Å². The Morgan fingerprint density at radius 1 is 1.21 bits per heavy atom. The maximum absolute atomic E-state index is 13.7. The molecular formula is C11H17FOSi. The quantitative estimate of drug-likeness (QED) is 0.685. The summed E-state index contributed by atoms with van der Waals surface area (Å²) in [7, 11) is -0.0101. The van der Waals surface area contributed by atoms with Gasteiger partial charge in [-0.25, -0.2) is 4.39 Å². The van der Waals surface area contributed by atoms with E-state index in [1.54, 1.807) is 7.11 Å².